The first kappa shape index (κ1) is 19.8. The van der Waals surface area contributed by atoms with Gasteiger partial charge in [0.2, 0.25) is 0 Å². The van der Waals surface area contributed by atoms with Crippen molar-refractivity contribution >= 4 is 52.3 Å². The molecule has 0 aliphatic carbocycles. The van der Waals surface area contributed by atoms with E-state index in [1.165, 1.54) is 4.90 Å². The Morgan fingerprint density at radius 3 is 2.34 bits per heavy atom. The first-order valence-electron chi connectivity index (χ1n) is 8.92. The molecule has 1 fully saturated rings. The zero-order chi connectivity index (χ0) is 20.2. The number of amides is 2. The average Bonchev–Trinajstić information content (AvgIpc) is 2.99. The van der Waals surface area contributed by atoms with Gasteiger partial charge in [0, 0.05) is 14.8 Å². The lowest BCUT2D eigenvalue weighted by Crippen LogP contribution is -2.27. The van der Waals surface area contributed by atoms with Gasteiger partial charge in [0.15, 0.2) is 0 Å². The Bertz CT molecular complexity index is 1080. The molecule has 1 heterocycles. The van der Waals surface area contributed by atoms with Gasteiger partial charge in [-0.05, 0) is 59.3 Å². The van der Waals surface area contributed by atoms with E-state index in [4.69, 9.17) is 11.6 Å². The molecule has 144 valence electrons. The molecule has 0 spiro atoms. The fraction of sp³-hybridized carbons (Fsp3) is 0.0435. The van der Waals surface area contributed by atoms with Gasteiger partial charge in [-0.1, -0.05) is 71.9 Å². The lowest BCUT2D eigenvalue weighted by atomic mass is 10.2. The van der Waals surface area contributed by atoms with Crippen LogP contribution in [0.2, 0.25) is 5.02 Å². The minimum Gasteiger partial charge on any atom is -0.268 e. The quantitative estimate of drug-likeness (QED) is 0.415. The number of imide groups is 1. The lowest BCUT2D eigenvalue weighted by molar-refractivity contribution is -0.123. The molecule has 3 nitrogen and oxygen atoms in total. The summed E-state index contributed by atoms with van der Waals surface area (Å²) in [6.07, 6.45) is 1.80. The van der Waals surface area contributed by atoms with Gasteiger partial charge in [0.05, 0.1) is 11.4 Å². The summed E-state index contributed by atoms with van der Waals surface area (Å²) in [5.74, 6) is -0.254. The molecule has 6 heteroatoms. The molecule has 1 aliphatic rings. The van der Waals surface area contributed by atoms with Gasteiger partial charge in [0.1, 0.15) is 0 Å². The topological polar surface area (TPSA) is 37.4 Å². The average molecular weight is 438 g/mol. The molecule has 4 rings (SSSR count). The van der Waals surface area contributed by atoms with E-state index in [9.17, 15) is 9.59 Å². The normalized spacial score (nSPS) is 15.3. The maximum absolute atomic E-state index is 12.8. The first-order chi connectivity index (χ1) is 14.1. The van der Waals surface area contributed by atoms with Crippen molar-refractivity contribution in [3.63, 3.8) is 0 Å². The summed E-state index contributed by atoms with van der Waals surface area (Å²) >= 11 is 8.54. The van der Waals surface area contributed by atoms with Gasteiger partial charge in [-0.25, -0.2) is 0 Å². The Labute approximate surface area is 182 Å². The molecular weight excluding hydrogens is 422 g/mol. The number of carbonyl (C=O) groups excluding carboxylic acids is 2. The Morgan fingerprint density at radius 2 is 1.59 bits per heavy atom. The van der Waals surface area contributed by atoms with Gasteiger partial charge in [-0.2, -0.15) is 0 Å². The van der Waals surface area contributed by atoms with Gasteiger partial charge < -0.3 is 0 Å². The predicted octanol–water partition coefficient (Wildman–Crippen LogP) is 6.73. The van der Waals surface area contributed by atoms with Crippen LogP contribution < -0.4 is 0 Å². The van der Waals surface area contributed by atoms with E-state index in [-0.39, 0.29) is 17.7 Å². The van der Waals surface area contributed by atoms with E-state index in [0.29, 0.717) is 9.93 Å². The van der Waals surface area contributed by atoms with Crippen LogP contribution in [0.5, 0.6) is 0 Å². The van der Waals surface area contributed by atoms with Crippen LogP contribution >= 0.6 is 35.1 Å². The summed E-state index contributed by atoms with van der Waals surface area (Å²) in [7, 11) is 0. The SMILES string of the molecule is O=C1S/C(=C\c2ccccc2Sc2ccc(Cl)cc2)C(=O)N1Cc1ccccc1. The number of benzene rings is 3. The van der Waals surface area contributed by atoms with Crippen LogP contribution in [-0.4, -0.2) is 16.0 Å². The smallest absolute Gasteiger partial charge is 0.268 e. The molecule has 0 atom stereocenters. The van der Waals surface area contributed by atoms with E-state index in [1.807, 2.05) is 78.9 Å². The molecule has 1 saturated heterocycles. The predicted molar refractivity (Wildman–Crippen MR) is 120 cm³/mol. The number of hydrogen-bond donors (Lipinski definition) is 0. The van der Waals surface area contributed by atoms with E-state index >= 15 is 0 Å². The van der Waals surface area contributed by atoms with Crippen LogP contribution in [0.4, 0.5) is 4.79 Å². The minimum absolute atomic E-state index is 0.243. The number of hydrogen-bond acceptors (Lipinski definition) is 4. The highest BCUT2D eigenvalue weighted by molar-refractivity contribution is 8.18. The summed E-state index contributed by atoms with van der Waals surface area (Å²) in [6, 6.07) is 25.0. The van der Waals surface area contributed by atoms with E-state index in [2.05, 4.69) is 0 Å². The van der Waals surface area contributed by atoms with Crippen molar-refractivity contribution in [2.24, 2.45) is 0 Å². The number of halogens is 1. The highest BCUT2D eigenvalue weighted by Crippen LogP contribution is 2.37. The third-order valence-electron chi connectivity index (χ3n) is 4.30. The van der Waals surface area contributed by atoms with Crippen molar-refractivity contribution in [1.82, 2.24) is 4.90 Å². The molecule has 0 saturated carbocycles. The van der Waals surface area contributed by atoms with Crippen LogP contribution in [0.25, 0.3) is 6.08 Å². The molecule has 0 bridgehead atoms. The van der Waals surface area contributed by atoms with Gasteiger partial charge >= 0.3 is 0 Å². The zero-order valence-electron chi connectivity index (χ0n) is 15.2. The lowest BCUT2D eigenvalue weighted by Gasteiger charge is -2.12. The Balaban J connectivity index is 1.57. The summed E-state index contributed by atoms with van der Waals surface area (Å²) in [4.78, 5) is 29.0. The van der Waals surface area contributed by atoms with Crippen molar-refractivity contribution < 1.29 is 9.59 Å². The Hall–Kier alpha value is -2.47. The molecule has 3 aromatic rings. The molecule has 0 N–H and O–H groups in total. The fourth-order valence-electron chi connectivity index (χ4n) is 2.87. The standard InChI is InChI=1S/C23H16ClNO2S2/c24-18-10-12-19(13-11-18)28-20-9-5-4-8-17(20)14-21-22(26)25(23(27)29-21)15-16-6-2-1-3-7-16/h1-14H,15H2/b21-14-. The van der Waals surface area contributed by atoms with Crippen molar-refractivity contribution in [1.29, 1.82) is 0 Å². The summed E-state index contributed by atoms with van der Waals surface area (Å²) < 4.78 is 0. The second kappa shape index (κ2) is 8.91. The highest BCUT2D eigenvalue weighted by Gasteiger charge is 2.35. The van der Waals surface area contributed by atoms with Crippen molar-refractivity contribution in [2.75, 3.05) is 0 Å². The number of nitrogens with zero attached hydrogens (tertiary/aromatic N) is 1. The summed E-state index contributed by atoms with van der Waals surface area (Å²) in [5, 5.41) is 0.447. The second-order valence-electron chi connectivity index (χ2n) is 6.35. The van der Waals surface area contributed by atoms with Crippen LogP contribution in [0.15, 0.2) is 93.6 Å². The second-order valence-corrected chi connectivity index (χ2v) is 8.89. The van der Waals surface area contributed by atoms with Gasteiger partial charge in [0.25, 0.3) is 11.1 Å². The summed E-state index contributed by atoms with van der Waals surface area (Å²) in [6.45, 7) is 0.282. The number of carbonyl (C=O) groups is 2. The van der Waals surface area contributed by atoms with Crippen molar-refractivity contribution in [3.8, 4) is 0 Å². The maximum Gasteiger partial charge on any atom is 0.293 e. The van der Waals surface area contributed by atoms with Crippen molar-refractivity contribution in [3.05, 3.63) is 99.9 Å². The van der Waals surface area contributed by atoms with E-state index in [1.54, 1.807) is 17.8 Å². The molecule has 0 unspecified atom stereocenters. The minimum atomic E-state index is -0.254. The molecule has 0 radical (unpaired) electrons. The molecule has 3 aromatic carbocycles. The monoisotopic (exact) mass is 437 g/mol. The molecular formula is C23H16ClNO2S2. The first-order valence-corrected chi connectivity index (χ1v) is 10.9. The van der Waals surface area contributed by atoms with Crippen LogP contribution in [0, 0.1) is 0 Å². The molecule has 0 aromatic heterocycles. The van der Waals surface area contributed by atoms with Crippen LogP contribution in [-0.2, 0) is 11.3 Å². The largest absolute Gasteiger partial charge is 0.293 e. The summed E-state index contributed by atoms with van der Waals surface area (Å²) in [5.41, 5.74) is 1.83. The Kier molecular flexibility index (Phi) is 6.09. The van der Waals surface area contributed by atoms with E-state index in [0.717, 1.165) is 32.7 Å². The molecule has 29 heavy (non-hydrogen) atoms. The van der Waals surface area contributed by atoms with E-state index < -0.39 is 0 Å². The van der Waals surface area contributed by atoms with Crippen LogP contribution in [0.3, 0.4) is 0 Å². The third kappa shape index (κ3) is 4.75. The van der Waals surface area contributed by atoms with Gasteiger partial charge in [-0.3, -0.25) is 14.5 Å². The van der Waals surface area contributed by atoms with Crippen molar-refractivity contribution in [2.45, 2.75) is 16.3 Å². The highest BCUT2D eigenvalue weighted by atomic mass is 35.5. The third-order valence-corrected chi connectivity index (χ3v) is 6.56. The number of rotatable bonds is 5. The molecule has 2 amide bonds. The van der Waals surface area contributed by atoms with Crippen LogP contribution in [0.1, 0.15) is 11.1 Å². The zero-order valence-corrected chi connectivity index (χ0v) is 17.6. The molecule has 1 aliphatic heterocycles. The Morgan fingerprint density at radius 1 is 0.897 bits per heavy atom. The number of thioether (sulfide) groups is 1. The maximum atomic E-state index is 12.8. The van der Waals surface area contributed by atoms with Gasteiger partial charge in [-0.15, -0.1) is 0 Å². The fourth-order valence-corrected chi connectivity index (χ4v) is 4.74.